The van der Waals surface area contributed by atoms with E-state index in [1.54, 1.807) is 18.5 Å². The predicted molar refractivity (Wildman–Crippen MR) is 112 cm³/mol. The molecule has 1 amide bonds. The molecule has 0 spiro atoms. The van der Waals surface area contributed by atoms with Crippen LogP contribution < -0.4 is 5.73 Å². The molecule has 0 saturated carbocycles. The van der Waals surface area contributed by atoms with Crippen LogP contribution in [0.2, 0.25) is 0 Å². The summed E-state index contributed by atoms with van der Waals surface area (Å²) in [5, 5.41) is 11.4. The average molecular weight is 453 g/mol. The first kappa shape index (κ1) is 21.4. The van der Waals surface area contributed by atoms with E-state index in [2.05, 4.69) is 9.97 Å². The molecule has 3 aromatic heterocycles. The Kier molecular flexibility index (Phi) is 5.26. The predicted octanol–water partition coefficient (Wildman–Crippen LogP) is 1.28. The highest BCUT2D eigenvalue weighted by molar-refractivity contribution is 5.85. The smallest absolute Gasteiger partial charge is 0.348 e. The molecule has 2 atom stereocenters. The van der Waals surface area contributed by atoms with Gasteiger partial charge in [0.2, 0.25) is 11.6 Å². The first-order valence-electron chi connectivity index (χ1n) is 10.8. The summed E-state index contributed by atoms with van der Waals surface area (Å²) < 4.78 is 16.5. The van der Waals surface area contributed by atoms with E-state index in [0.717, 1.165) is 12.8 Å². The summed E-state index contributed by atoms with van der Waals surface area (Å²) in [6.07, 6.45) is 9.52. The lowest BCUT2D eigenvalue weighted by Gasteiger charge is -2.54. The van der Waals surface area contributed by atoms with Crippen LogP contribution in [0, 0.1) is 5.92 Å². The Bertz CT molecular complexity index is 1070. The second-order valence-electron chi connectivity index (χ2n) is 8.78. The number of amides is 1. The lowest BCUT2D eigenvalue weighted by molar-refractivity contribution is -0.965. The maximum atomic E-state index is 13.4. The highest BCUT2D eigenvalue weighted by Crippen LogP contribution is 2.43. The summed E-state index contributed by atoms with van der Waals surface area (Å²) in [4.78, 5) is 34.5. The monoisotopic (exact) mass is 453 g/mol. The number of aromatic nitrogens is 2. The molecule has 0 radical (unpaired) electrons. The summed E-state index contributed by atoms with van der Waals surface area (Å²) in [6.45, 7) is 1.80. The Balaban J connectivity index is 1.44. The van der Waals surface area contributed by atoms with Crippen LogP contribution in [0.3, 0.4) is 0 Å². The van der Waals surface area contributed by atoms with Crippen molar-refractivity contribution in [1.82, 2.24) is 9.97 Å². The van der Waals surface area contributed by atoms with Crippen LogP contribution in [0.4, 0.5) is 0 Å². The molecule has 3 saturated heterocycles. The second kappa shape index (κ2) is 8.13. The minimum absolute atomic E-state index is 0.122. The number of carbonyl (C=O) groups is 2. The number of carbonyl (C=O) groups excluding carboxylic acids is 2. The van der Waals surface area contributed by atoms with Crippen molar-refractivity contribution in [3.05, 3.63) is 72.6 Å². The zero-order valence-corrected chi connectivity index (χ0v) is 17.9. The topological polar surface area (TPSA) is 142 Å². The number of hydrogen-bond acceptors (Lipinski definition) is 8. The van der Waals surface area contributed by atoms with E-state index in [4.69, 9.17) is 19.3 Å². The number of hydrogen-bond donors (Lipinski definition) is 2. The van der Waals surface area contributed by atoms with Gasteiger partial charge in [0.05, 0.1) is 38.1 Å². The lowest BCUT2D eigenvalue weighted by atomic mass is 9.81. The number of rotatable bonds is 7. The van der Waals surface area contributed by atoms with Crippen LogP contribution >= 0.6 is 0 Å². The number of aliphatic hydroxyl groups is 1. The maximum absolute atomic E-state index is 13.4. The highest BCUT2D eigenvalue weighted by Gasteiger charge is 2.56. The molecular formula is C23H25N4O6+. The largest absolute Gasteiger partial charge is 0.472 e. The van der Waals surface area contributed by atoms with Crippen molar-refractivity contribution in [2.45, 2.75) is 30.6 Å². The molecule has 3 aromatic rings. The van der Waals surface area contributed by atoms with Crippen LogP contribution in [-0.4, -0.2) is 57.2 Å². The van der Waals surface area contributed by atoms with E-state index >= 15 is 0 Å². The Morgan fingerprint density at radius 2 is 1.73 bits per heavy atom. The van der Waals surface area contributed by atoms with Crippen molar-refractivity contribution in [2.24, 2.45) is 11.7 Å². The lowest BCUT2D eigenvalue weighted by Crippen LogP contribution is -2.67. The van der Waals surface area contributed by atoms with E-state index in [1.807, 2.05) is 0 Å². The van der Waals surface area contributed by atoms with Gasteiger partial charge in [0.15, 0.2) is 11.9 Å². The fourth-order valence-electron chi connectivity index (χ4n) is 5.32. The molecule has 6 rings (SSSR count). The Hall–Kier alpha value is -3.50. The number of fused-ring (bicyclic) bond motifs is 3. The molecule has 3 N–H and O–H groups in total. The molecule has 2 bridgehead atoms. The summed E-state index contributed by atoms with van der Waals surface area (Å²) in [7, 11) is 0. The fraction of sp³-hybridized carbons (Fsp3) is 0.391. The van der Waals surface area contributed by atoms with Gasteiger partial charge in [-0.3, -0.25) is 4.79 Å². The number of esters is 1. The third-order valence-electron chi connectivity index (χ3n) is 7.04. The van der Waals surface area contributed by atoms with E-state index in [1.165, 1.54) is 37.2 Å². The number of furan rings is 2. The van der Waals surface area contributed by atoms with Gasteiger partial charge in [0.25, 0.3) is 5.91 Å². The minimum atomic E-state index is -2.08. The van der Waals surface area contributed by atoms with E-state index < -0.39 is 29.6 Å². The van der Waals surface area contributed by atoms with Crippen molar-refractivity contribution in [3.63, 3.8) is 0 Å². The Morgan fingerprint density at radius 1 is 1.12 bits per heavy atom. The van der Waals surface area contributed by atoms with Gasteiger partial charge in [-0.2, -0.15) is 0 Å². The van der Waals surface area contributed by atoms with Crippen molar-refractivity contribution >= 4 is 11.9 Å². The van der Waals surface area contributed by atoms with Crippen LogP contribution in [-0.2, 0) is 19.9 Å². The summed E-state index contributed by atoms with van der Waals surface area (Å²) >= 11 is 0. The van der Waals surface area contributed by atoms with Crippen LogP contribution in [0.1, 0.15) is 35.8 Å². The number of nitrogens with two attached hydrogens (primary N) is 1. The number of nitrogens with zero attached hydrogens (tertiary/aromatic N) is 3. The molecule has 0 aliphatic carbocycles. The molecular weight excluding hydrogens is 428 g/mol. The van der Waals surface area contributed by atoms with Gasteiger partial charge in [-0.25, -0.2) is 14.8 Å². The summed E-state index contributed by atoms with van der Waals surface area (Å²) in [5.41, 5.74) is 4.22. The molecule has 10 nitrogen and oxygen atoms in total. The Labute approximate surface area is 189 Å². The quantitative estimate of drug-likeness (QED) is 0.402. The molecule has 6 heterocycles. The molecule has 3 fully saturated rings. The zero-order valence-electron chi connectivity index (χ0n) is 17.9. The van der Waals surface area contributed by atoms with E-state index in [0.29, 0.717) is 29.9 Å². The average Bonchev–Trinajstić information content (AvgIpc) is 3.55. The molecule has 172 valence electrons. The first-order valence-corrected chi connectivity index (χ1v) is 10.8. The SMILES string of the molecule is NC(=O)C(c1ncccn1)[N+]12CCC(CC1)[C@@H](OC(=O)C(O)(c1ccoc1)c1ccoc1)C2. The minimum Gasteiger partial charge on any atom is -0.472 e. The van der Waals surface area contributed by atoms with Crippen LogP contribution in [0.15, 0.2) is 64.5 Å². The molecule has 33 heavy (non-hydrogen) atoms. The van der Waals surface area contributed by atoms with Crippen molar-refractivity contribution in [2.75, 3.05) is 19.6 Å². The molecule has 1 unspecified atom stereocenters. The standard InChI is InChI=1S/C23H24N4O6/c24-20(28)19(21-25-6-1-7-26-21)27-8-2-15(3-9-27)18(12-27)33-22(29)23(30,16-4-10-31-13-16)17-5-11-32-14-17/h1,4-7,10-11,13-15,18-19,30H,2-3,8-9,12H2,(H-,24,28)/p+1/t15?,18-,19?,27?/m0/s1. The zero-order chi connectivity index (χ0) is 23.1. The van der Waals surface area contributed by atoms with E-state index in [9.17, 15) is 14.7 Å². The number of ether oxygens (including phenoxy) is 1. The van der Waals surface area contributed by atoms with Gasteiger partial charge < -0.3 is 28.9 Å². The van der Waals surface area contributed by atoms with Gasteiger partial charge in [0.1, 0.15) is 6.54 Å². The number of primary amides is 1. The molecule has 0 aromatic carbocycles. The van der Waals surface area contributed by atoms with Gasteiger partial charge in [-0.15, -0.1) is 0 Å². The van der Waals surface area contributed by atoms with Crippen molar-refractivity contribution in [1.29, 1.82) is 0 Å². The van der Waals surface area contributed by atoms with Crippen molar-refractivity contribution < 1.29 is 32.7 Å². The first-order chi connectivity index (χ1) is 15.9. The van der Waals surface area contributed by atoms with Crippen molar-refractivity contribution in [3.8, 4) is 0 Å². The summed E-state index contributed by atoms with van der Waals surface area (Å²) in [5.74, 6) is -0.852. The molecule has 3 aliphatic heterocycles. The highest BCUT2D eigenvalue weighted by atomic mass is 16.6. The third kappa shape index (κ3) is 3.51. The van der Waals surface area contributed by atoms with Gasteiger partial charge in [0, 0.05) is 42.3 Å². The van der Waals surface area contributed by atoms with Crippen LogP contribution in [0.5, 0.6) is 0 Å². The Morgan fingerprint density at radius 3 is 2.24 bits per heavy atom. The second-order valence-corrected chi connectivity index (χ2v) is 8.78. The number of piperidine rings is 3. The molecule has 10 heteroatoms. The number of quaternary nitrogens is 1. The third-order valence-corrected chi connectivity index (χ3v) is 7.04. The van der Waals surface area contributed by atoms with Gasteiger partial charge in [-0.05, 0) is 18.2 Å². The summed E-state index contributed by atoms with van der Waals surface area (Å²) in [6, 6.07) is 3.96. The van der Waals surface area contributed by atoms with Crippen LogP contribution in [0.25, 0.3) is 0 Å². The normalized spacial score (nSPS) is 25.5. The fourth-order valence-corrected chi connectivity index (χ4v) is 5.32. The van der Waals surface area contributed by atoms with E-state index in [-0.39, 0.29) is 17.0 Å². The maximum Gasteiger partial charge on any atom is 0.348 e. The molecule has 3 aliphatic rings. The van der Waals surface area contributed by atoms with Gasteiger partial charge in [-0.1, -0.05) is 0 Å². The van der Waals surface area contributed by atoms with Gasteiger partial charge >= 0.3 is 5.97 Å².